The van der Waals surface area contributed by atoms with E-state index in [0.717, 1.165) is 40.0 Å². The van der Waals surface area contributed by atoms with Crippen LogP contribution in [-0.4, -0.2) is 21.7 Å². The van der Waals surface area contributed by atoms with Crippen LogP contribution in [0.4, 0.5) is 17.5 Å². The molecule has 0 atom stereocenters. The molecule has 2 aromatic heterocycles. The van der Waals surface area contributed by atoms with Crippen molar-refractivity contribution in [2.45, 2.75) is 20.4 Å². The van der Waals surface area contributed by atoms with E-state index < -0.39 is 0 Å². The number of hydrogen-bond donors (Lipinski definition) is 2. The first-order valence-corrected chi connectivity index (χ1v) is 8.35. The van der Waals surface area contributed by atoms with Gasteiger partial charge in [-0.3, -0.25) is 4.98 Å². The van der Waals surface area contributed by atoms with Crippen LogP contribution in [0.5, 0.6) is 11.5 Å². The second-order valence-electron chi connectivity index (χ2n) is 5.97. The Morgan fingerprint density at radius 1 is 1.04 bits per heavy atom. The standard InChI is InChI=1S/C19H19N5O2/c1-12-13(2)22-19(21-10-15-5-3-4-8-20-15)24-18(12)23-14-6-7-16-17(9-14)26-11-25-16/h3-9H,10-11H2,1-2H3,(H2,21,22,23,24). The number of aromatic nitrogens is 3. The van der Waals surface area contributed by atoms with E-state index in [2.05, 4.69) is 25.6 Å². The molecular formula is C19H19N5O2. The number of aryl methyl sites for hydroxylation is 1. The van der Waals surface area contributed by atoms with E-state index in [0.29, 0.717) is 12.5 Å². The largest absolute Gasteiger partial charge is 0.454 e. The van der Waals surface area contributed by atoms with Crippen molar-refractivity contribution in [3.8, 4) is 11.5 Å². The van der Waals surface area contributed by atoms with Gasteiger partial charge in [0, 0.05) is 29.2 Å². The molecule has 26 heavy (non-hydrogen) atoms. The highest BCUT2D eigenvalue weighted by Gasteiger charge is 2.14. The minimum absolute atomic E-state index is 0.256. The van der Waals surface area contributed by atoms with E-state index in [4.69, 9.17) is 9.47 Å². The minimum atomic E-state index is 0.256. The summed E-state index contributed by atoms with van der Waals surface area (Å²) >= 11 is 0. The summed E-state index contributed by atoms with van der Waals surface area (Å²) in [5.41, 5.74) is 3.71. The summed E-state index contributed by atoms with van der Waals surface area (Å²) in [6.07, 6.45) is 1.77. The molecule has 1 aromatic carbocycles. The zero-order valence-corrected chi connectivity index (χ0v) is 14.6. The first-order valence-electron chi connectivity index (χ1n) is 8.35. The maximum atomic E-state index is 5.43. The van der Waals surface area contributed by atoms with Crippen LogP contribution in [0.3, 0.4) is 0 Å². The summed E-state index contributed by atoms with van der Waals surface area (Å²) in [4.78, 5) is 13.4. The third kappa shape index (κ3) is 3.37. The average molecular weight is 349 g/mol. The van der Waals surface area contributed by atoms with Gasteiger partial charge in [0.2, 0.25) is 12.7 Å². The SMILES string of the molecule is Cc1nc(NCc2ccccn2)nc(Nc2ccc3c(c2)OCO3)c1C. The van der Waals surface area contributed by atoms with Crippen LogP contribution < -0.4 is 20.1 Å². The Labute approximate surface area is 151 Å². The van der Waals surface area contributed by atoms with Crippen LogP contribution in [-0.2, 0) is 6.54 Å². The molecule has 1 aliphatic rings. The monoisotopic (exact) mass is 349 g/mol. The summed E-state index contributed by atoms with van der Waals surface area (Å²) in [5.74, 6) is 2.79. The van der Waals surface area contributed by atoms with Gasteiger partial charge in [-0.25, -0.2) is 4.98 Å². The number of pyridine rings is 1. The second-order valence-corrected chi connectivity index (χ2v) is 5.97. The van der Waals surface area contributed by atoms with Gasteiger partial charge in [0.1, 0.15) is 5.82 Å². The summed E-state index contributed by atoms with van der Waals surface area (Å²) in [6, 6.07) is 11.5. The van der Waals surface area contributed by atoms with Gasteiger partial charge < -0.3 is 20.1 Å². The lowest BCUT2D eigenvalue weighted by Gasteiger charge is -2.13. The molecule has 0 unspecified atom stereocenters. The smallest absolute Gasteiger partial charge is 0.231 e. The van der Waals surface area contributed by atoms with Crippen molar-refractivity contribution in [2.75, 3.05) is 17.4 Å². The molecule has 3 heterocycles. The topological polar surface area (TPSA) is 81.2 Å². The van der Waals surface area contributed by atoms with Crippen LogP contribution in [0.2, 0.25) is 0 Å². The molecule has 2 N–H and O–H groups in total. The predicted molar refractivity (Wildman–Crippen MR) is 98.9 cm³/mol. The maximum absolute atomic E-state index is 5.43. The van der Waals surface area contributed by atoms with Crippen molar-refractivity contribution < 1.29 is 9.47 Å². The van der Waals surface area contributed by atoms with Gasteiger partial charge in [0.05, 0.1) is 12.2 Å². The molecule has 0 saturated heterocycles. The Kier molecular flexibility index (Phi) is 4.27. The molecule has 4 rings (SSSR count). The zero-order valence-electron chi connectivity index (χ0n) is 14.6. The van der Waals surface area contributed by atoms with Crippen molar-refractivity contribution in [2.24, 2.45) is 0 Å². The van der Waals surface area contributed by atoms with Crippen LogP contribution in [0, 0.1) is 13.8 Å². The molecule has 0 bridgehead atoms. The van der Waals surface area contributed by atoms with Crippen molar-refractivity contribution in [1.82, 2.24) is 15.0 Å². The number of fused-ring (bicyclic) bond motifs is 1. The summed E-state index contributed by atoms with van der Waals surface area (Å²) in [6.45, 7) is 4.78. The number of rotatable bonds is 5. The van der Waals surface area contributed by atoms with E-state index in [1.54, 1.807) is 6.20 Å². The lowest BCUT2D eigenvalue weighted by molar-refractivity contribution is 0.174. The second kappa shape index (κ2) is 6.87. The van der Waals surface area contributed by atoms with Gasteiger partial charge in [-0.2, -0.15) is 4.98 Å². The molecule has 0 spiro atoms. The van der Waals surface area contributed by atoms with Crippen LogP contribution in [0.25, 0.3) is 0 Å². The Bertz CT molecular complexity index is 931. The van der Waals surface area contributed by atoms with Gasteiger partial charge in [0.15, 0.2) is 11.5 Å². The number of nitrogens with zero attached hydrogens (tertiary/aromatic N) is 3. The van der Waals surface area contributed by atoms with Gasteiger partial charge >= 0.3 is 0 Å². The van der Waals surface area contributed by atoms with Crippen molar-refractivity contribution >= 4 is 17.5 Å². The normalized spacial score (nSPS) is 12.1. The van der Waals surface area contributed by atoms with Crippen molar-refractivity contribution in [3.63, 3.8) is 0 Å². The highest BCUT2D eigenvalue weighted by atomic mass is 16.7. The average Bonchev–Trinajstić information content (AvgIpc) is 3.12. The van der Waals surface area contributed by atoms with Gasteiger partial charge in [-0.05, 0) is 38.1 Å². The Hall–Kier alpha value is -3.35. The molecule has 0 aliphatic carbocycles. The molecule has 0 saturated carbocycles. The fraction of sp³-hybridized carbons (Fsp3) is 0.211. The number of ether oxygens (including phenoxy) is 2. The molecule has 0 amide bonds. The van der Waals surface area contributed by atoms with E-state index in [1.807, 2.05) is 50.2 Å². The molecule has 7 heteroatoms. The fourth-order valence-corrected chi connectivity index (χ4v) is 2.61. The highest BCUT2D eigenvalue weighted by Crippen LogP contribution is 2.35. The Balaban J connectivity index is 1.54. The molecule has 132 valence electrons. The van der Waals surface area contributed by atoms with E-state index >= 15 is 0 Å². The van der Waals surface area contributed by atoms with Crippen molar-refractivity contribution in [1.29, 1.82) is 0 Å². The molecular weight excluding hydrogens is 330 g/mol. The van der Waals surface area contributed by atoms with Crippen LogP contribution in [0.15, 0.2) is 42.6 Å². The fourth-order valence-electron chi connectivity index (χ4n) is 2.61. The number of benzene rings is 1. The van der Waals surface area contributed by atoms with Gasteiger partial charge in [-0.1, -0.05) is 6.07 Å². The van der Waals surface area contributed by atoms with Gasteiger partial charge in [-0.15, -0.1) is 0 Å². The van der Waals surface area contributed by atoms with Crippen LogP contribution in [0.1, 0.15) is 17.0 Å². The van der Waals surface area contributed by atoms with Crippen LogP contribution >= 0.6 is 0 Å². The maximum Gasteiger partial charge on any atom is 0.231 e. The summed E-state index contributed by atoms with van der Waals surface area (Å²) in [7, 11) is 0. The molecule has 1 aliphatic heterocycles. The first-order chi connectivity index (χ1) is 12.7. The Morgan fingerprint density at radius 2 is 1.92 bits per heavy atom. The molecule has 0 radical (unpaired) electrons. The number of hydrogen-bond acceptors (Lipinski definition) is 7. The van der Waals surface area contributed by atoms with E-state index in [9.17, 15) is 0 Å². The predicted octanol–water partition coefficient (Wildman–Crippen LogP) is 3.57. The quantitative estimate of drug-likeness (QED) is 0.729. The van der Waals surface area contributed by atoms with E-state index in [1.165, 1.54) is 0 Å². The third-order valence-electron chi connectivity index (χ3n) is 4.18. The molecule has 0 fully saturated rings. The lowest BCUT2D eigenvalue weighted by atomic mass is 10.2. The van der Waals surface area contributed by atoms with Crippen molar-refractivity contribution in [3.05, 3.63) is 59.5 Å². The summed E-state index contributed by atoms with van der Waals surface area (Å²) in [5, 5.41) is 6.57. The zero-order chi connectivity index (χ0) is 17.9. The summed E-state index contributed by atoms with van der Waals surface area (Å²) < 4.78 is 10.8. The Morgan fingerprint density at radius 3 is 2.77 bits per heavy atom. The van der Waals surface area contributed by atoms with E-state index in [-0.39, 0.29) is 6.79 Å². The lowest BCUT2D eigenvalue weighted by Crippen LogP contribution is -2.09. The minimum Gasteiger partial charge on any atom is -0.454 e. The molecule has 7 nitrogen and oxygen atoms in total. The molecule has 3 aromatic rings. The first kappa shape index (κ1) is 16.1. The highest BCUT2D eigenvalue weighted by molar-refractivity contribution is 5.65. The third-order valence-corrected chi connectivity index (χ3v) is 4.18. The van der Waals surface area contributed by atoms with Gasteiger partial charge in [0.25, 0.3) is 0 Å². The number of anilines is 3. The number of nitrogens with one attached hydrogen (secondary N) is 2.